The zero-order valence-corrected chi connectivity index (χ0v) is 9.85. The number of benzene rings is 1. The number of hydrogen-bond donors (Lipinski definition) is 1. The second-order valence-corrected chi connectivity index (χ2v) is 3.80. The molecule has 6 heteroatoms. The van der Waals surface area contributed by atoms with Gasteiger partial charge < -0.3 is 9.84 Å². The lowest BCUT2D eigenvalue weighted by atomic mass is 10.2. The molecule has 0 saturated carbocycles. The van der Waals surface area contributed by atoms with E-state index in [1.165, 1.54) is 6.07 Å². The Morgan fingerprint density at radius 1 is 1.26 bits per heavy atom. The fourth-order valence-corrected chi connectivity index (χ4v) is 1.45. The summed E-state index contributed by atoms with van der Waals surface area (Å²) in [6, 6.07) is 4.03. The summed E-state index contributed by atoms with van der Waals surface area (Å²) < 4.78 is 31.6. The highest BCUT2D eigenvalue weighted by Gasteiger charge is 2.15. The van der Waals surface area contributed by atoms with Crippen LogP contribution in [0.2, 0.25) is 0 Å². The molecule has 2 rings (SSSR count). The van der Waals surface area contributed by atoms with Gasteiger partial charge in [0.15, 0.2) is 11.6 Å². The Labute approximate surface area is 107 Å². The van der Waals surface area contributed by atoms with Crippen LogP contribution in [0, 0.1) is 18.6 Å². The zero-order valence-electron chi connectivity index (χ0n) is 9.85. The van der Waals surface area contributed by atoms with Crippen LogP contribution < -0.4 is 4.74 Å². The third kappa shape index (κ3) is 2.85. The maximum absolute atomic E-state index is 13.4. The first-order valence-corrected chi connectivity index (χ1v) is 5.30. The number of hydrogen-bond acceptors (Lipinski definition) is 3. The third-order valence-corrected chi connectivity index (χ3v) is 2.35. The molecule has 1 heterocycles. The lowest BCUT2D eigenvalue weighted by Crippen LogP contribution is -2.02. The number of pyridine rings is 1. The molecule has 0 aliphatic heterocycles. The summed E-state index contributed by atoms with van der Waals surface area (Å²) in [6.45, 7) is 1.63. The minimum atomic E-state index is -1.26. The van der Waals surface area contributed by atoms with Crippen LogP contribution in [0.1, 0.15) is 16.1 Å². The summed E-state index contributed by atoms with van der Waals surface area (Å²) in [4.78, 5) is 14.8. The molecule has 1 N–H and O–H groups in total. The molecule has 0 aliphatic rings. The van der Waals surface area contributed by atoms with Crippen molar-refractivity contribution in [2.45, 2.75) is 6.92 Å². The van der Waals surface area contributed by atoms with Gasteiger partial charge in [-0.3, -0.25) is 4.98 Å². The molecule has 0 fully saturated rings. The Morgan fingerprint density at radius 3 is 2.68 bits per heavy atom. The van der Waals surface area contributed by atoms with Crippen LogP contribution in [0.4, 0.5) is 8.78 Å². The monoisotopic (exact) mass is 265 g/mol. The van der Waals surface area contributed by atoms with Crippen LogP contribution in [-0.2, 0) is 0 Å². The van der Waals surface area contributed by atoms with Gasteiger partial charge in [-0.2, -0.15) is 0 Å². The number of ether oxygens (including phenoxy) is 1. The van der Waals surface area contributed by atoms with Crippen LogP contribution in [0.25, 0.3) is 0 Å². The van der Waals surface area contributed by atoms with Crippen LogP contribution in [0.5, 0.6) is 11.5 Å². The molecule has 19 heavy (non-hydrogen) atoms. The van der Waals surface area contributed by atoms with E-state index in [9.17, 15) is 13.6 Å². The lowest BCUT2D eigenvalue weighted by molar-refractivity contribution is 0.0693. The van der Waals surface area contributed by atoms with Gasteiger partial charge in [0.05, 0.1) is 0 Å². The molecule has 0 aliphatic carbocycles. The Bertz CT molecular complexity index is 644. The highest BCUT2D eigenvalue weighted by Crippen LogP contribution is 2.28. The van der Waals surface area contributed by atoms with Crippen molar-refractivity contribution in [3.63, 3.8) is 0 Å². The third-order valence-electron chi connectivity index (χ3n) is 2.35. The number of nitrogens with zero attached hydrogens (tertiary/aromatic N) is 1. The molecule has 0 bridgehead atoms. The standard InChI is InChI=1S/C13H9F2NO3/c1-7-4-11(9(6-16-7)13(17)18)19-12-5-8(14)2-3-10(12)15/h2-6H,1H3,(H,17,18). The van der Waals surface area contributed by atoms with Crippen molar-refractivity contribution in [1.29, 1.82) is 0 Å². The van der Waals surface area contributed by atoms with Crippen molar-refractivity contribution >= 4 is 5.97 Å². The molecule has 0 unspecified atom stereocenters. The molecule has 4 nitrogen and oxygen atoms in total. The van der Waals surface area contributed by atoms with Crippen molar-refractivity contribution < 1.29 is 23.4 Å². The van der Waals surface area contributed by atoms with Gasteiger partial charge in [-0.05, 0) is 19.1 Å². The Morgan fingerprint density at radius 2 is 2.00 bits per heavy atom. The van der Waals surface area contributed by atoms with E-state index >= 15 is 0 Å². The predicted octanol–water partition coefficient (Wildman–Crippen LogP) is 3.16. The zero-order chi connectivity index (χ0) is 14.0. The number of halogens is 2. The van der Waals surface area contributed by atoms with Gasteiger partial charge in [0.25, 0.3) is 0 Å². The Hall–Kier alpha value is -2.50. The maximum Gasteiger partial charge on any atom is 0.341 e. The van der Waals surface area contributed by atoms with E-state index in [1.807, 2.05) is 0 Å². The topological polar surface area (TPSA) is 59.4 Å². The van der Waals surface area contributed by atoms with E-state index in [0.29, 0.717) is 5.69 Å². The second kappa shape index (κ2) is 5.01. The normalized spacial score (nSPS) is 10.3. The van der Waals surface area contributed by atoms with Crippen molar-refractivity contribution in [2.24, 2.45) is 0 Å². The molecule has 0 radical (unpaired) electrons. The van der Waals surface area contributed by atoms with Crippen LogP contribution in [0.15, 0.2) is 30.5 Å². The number of carbonyl (C=O) groups is 1. The maximum atomic E-state index is 13.4. The Balaban J connectivity index is 2.45. The smallest absolute Gasteiger partial charge is 0.341 e. The van der Waals surface area contributed by atoms with E-state index in [0.717, 1.165) is 24.4 Å². The van der Waals surface area contributed by atoms with Crippen LogP contribution in [-0.4, -0.2) is 16.1 Å². The molecule has 0 saturated heterocycles. The fourth-order valence-electron chi connectivity index (χ4n) is 1.45. The number of carboxylic acids is 1. The average Bonchev–Trinajstić information content (AvgIpc) is 2.33. The molecule has 98 valence electrons. The quantitative estimate of drug-likeness (QED) is 0.926. The van der Waals surface area contributed by atoms with Crippen LogP contribution >= 0.6 is 0 Å². The van der Waals surface area contributed by atoms with Gasteiger partial charge in [-0.15, -0.1) is 0 Å². The molecule has 1 aromatic carbocycles. The van der Waals surface area contributed by atoms with Crippen molar-refractivity contribution in [1.82, 2.24) is 4.98 Å². The van der Waals surface area contributed by atoms with Crippen molar-refractivity contribution in [3.05, 3.63) is 53.4 Å². The first-order valence-electron chi connectivity index (χ1n) is 5.30. The summed E-state index contributed by atoms with van der Waals surface area (Å²) in [5, 5.41) is 8.97. The predicted molar refractivity (Wildman–Crippen MR) is 62.4 cm³/mol. The highest BCUT2D eigenvalue weighted by molar-refractivity contribution is 5.90. The molecule has 2 aromatic rings. The van der Waals surface area contributed by atoms with Gasteiger partial charge >= 0.3 is 5.97 Å². The van der Waals surface area contributed by atoms with E-state index in [2.05, 4.69) is 4.98 Å². The van der Waals surface area contributed by atoms with Crippen LogP contribution in [0.3, 0.4) is 0 Å². The number of carboxylic acid groups (broad SMARTS) is 1. The molecule has 0 amide bonds. The summed E-state index contributed by atoms with van der Waals surface area (Å²) in [7, 11) is 0. The van der Waals surface area contributed by atoms with E-state index in [-0.39, 0.29) is 17.1 Å². The van der Waals surface area contributed by atoms with Gasteiger partial charge in [0, 0.05) is 24.0 Å². The summed E-state index contributed by atoms with van der Waals surface area (Å²) in [5.41, 5.74) is 0.270. The lowest BCUT2D eigenvalue weighted by Gasteiger charge is -2.09. The average molecular weight is 265 g/mol. The van der Waals surface area contributed by atoms with E-state index < -0.39 is 17.6 Å². The molecule has 0 spiro atoms. The summed E-state index contributed by atoms with van der Waals surface area (Å²) in [5.74, 6) is -3.21. The fraction of sp³-hybridized carbons (Fsp3) is 0.0769. The van der Waals surface area contributed by atoms with E-state index in [1.54, 1.807) is 6.92 Å². The minimum absolute atomic E-state index is 0.0931. The molecular formula is C13H9F2NO3. The van der Waals surface area contributed by atoms with Crippen molar-refractivity contribution in [3.8, 4) is 11.5 Å². The number of aryl methyl sites for hydroxylation is 1. The summed E-state index contributed by atoms with van der Waals surface area (Å²) >= 11 is 0. The SMILES string of the molecule is Cc1cc(Oc2cc(F)ccc2F)c(C(=O)O)cn1. The van der Waals surface area contributed by atoms with Gasteiger partial charge in [0.2, 0.25) is 0 Å². The largest absolute Gasteiger partial charge is 0.477 e. The van der Waals surface area contributed by atoms with Crippen molar-refractivity contribution in [2.75, 3.05) is 0 Å². The first-order chi connectivity index (χ1) is 8.97. The Kier molecular flexibility index (Phi) is 3.41. The van der Waals surface area contributed by atoms with Gasteiger partial charge in [-0.25, -0.2) is 13.6 Å². The molecular weight excluding hydrogens is 256 g/mol. The number of aromatic nitrogens is 1. The van der Waals surface area contributed by atoms with Gasteiger partial charge in [0.1, 0.15) is 17.1 Å². The van der Waals surface area contributed by atoms with Gasteiger partial charge in [-0.1, -0.05) is 0 Å². The summed E-state index contributed by atoms with van der Waals surface area (Å²) in [6.07, 6.45) is 1.10. The molecule has 1 aromatic heterocycles. The number of aromatic carboxylic acids is 1. The number of rotatable bonds is 3. The first kappa shape index (κ1) is 12.9. The molecule has 0 atom stereocenters. The van der Waals surface area contributed by atoms with E-state index in [4.69, 9.17) is 9.84 Å². The highest BCUT2D eigenvalue weighted by atomic mass is 19.1. The minimum Gasteiger partial charge on any atom is -0.477 e. The second-order valence-electron chi connectivity index (χ2n) is 3.80.